The number of rotatable bonds is 4. The molecule has 1 aliphatic rings. The van der Waals surface area contributed by atoms with Crippen molar-refractivity contribution < 1.29 is 17.9 Å². The monoisotopic (exact) mass is 333 g/mol. The molecular weight excluding hydrogens is 314 g/mol. The summed E-state index contributed by atoms with van der Waals surface area (Å²) in [6.07, 6.45) is 0. The molecule has 0 aromatic heterocycles. The first-order chi connectivity index (χ1) is 11.0. The molecule has 122 valence electrons. The molecule has 6 heteroatoms. The van der Waals surface area contributed by atoms with Crippen LogP contribution < -0.4 is 13.8 Å². The van der Waals surface area contributed by atoms with Gasteiger partial charge in [-0.3, -0.25) is 4.31 Å². The molecule has 3 rings (SSSR count). The van der Waals surface area contributed by atoms with Crippen molar-refractivity contribution in [2.45, 2.75) is 17.7 Å². The molecule has 0 fully saturated rings. The number of benzene rings is 2. The SMILES string of the molecule is COc1ccc(S(=O)(=O)N2C[C@H](C)c3ccccc32)cc1OC. The lowest BCUT2D eigenvalue weighted by atomic mass is 10.0. The van der Waals surface area contributed by atoms with Gasteiger partial charge in [0.05, 0.1) is 24.8 Å². The van der Waals surface area contributed by atoms with Crippen molar-refractivity contribution >= 4 is 15.7 Å². The van der Waals surface area contributed by atoms with E-state index in [1.807, 2.05) is 31.2 Å². The quantitative estimate of drug-likeness (QED) is 0.863. The van der Waals surface area contributed by atoms with E-state index >= 15 is 0 Å². The Morgan fingerprint density at radius 1 is 1.04 bits per heavy atom. The van der Waals surface area contributed by atoms with Crippen molar-refractivity contribution in [3.63, 3.8) is 0 Å². The van der Waals surface area contributed by atoms with Gasteiger partial charge in [-0.15, -0.1) is 0 Å². The summed E-state index contributed by atoms with van der Waals surface area (Å²) in [6, 6.07) is 12.3. The molecule has 0 aliphatic carbocycles. The van der Waals surface area contributed by atoms with E-state index in [-0.39, 0.29) is 10.8 Å². The van der Waals surface area contributed by atoms with Crippen LogP contribution in [0.2, 0.25) is 0 Å². The number of nitrogens with zero attached hydrogens (tertiary/aromatic N) is 1. The highest BCUT2D eigenvalue weighted by Gasteiger charge is 2.34. The fourth-order valence-corrected chi connectivity index (χ4v) is 4.50. The predicted molar refractivity (Wildman–Crippen MR) is 88.9 cm³/mol. The molecule has 0 radical (unpaired) electrons. The lowest BCUT2D eigenvalue weighted by Crippen LogP contribution is -2.29. The first-order valence-corrected chi connectivity index (χ1v) is 8.76. The van der Waals surface area contributed by atoms with Gasteiger partial charge in [-0.1, -0.05) is 25.1 Å². The largest absolute Gasteiger partial charge is 0.493 e. The summed E-state index contributed by atoms with van der Waals surface area (Å²) in [5, 5.41) is 0. The molecule has 0 bridgehead atoms. The Morgan fingerprint density at radius 3 is 2.43 bits per heavy atom. The molecule has 5 nitrogen and oxygen atoms in total. The zero-order chi connectivity index (χ0) is 16.6. The van der Waals surface area contributed by atoms with Crippen molar-refractivity contribution in [2.75, 3.05) is 25.1 Å². The van der Waals surface area contributed by atoms with Crippen LogP contribution in [0.5, 0.6) is 11.5 Å². The number of sulfonamides is 1. The van der Waals surface area contributed by atoms with Crippen molar-refractivity contribution in [1.82, 2.24) is 0 Å². The maximum atomic E-state index is 13.0. The van der Waals surface area contributed by atoms with E-state index in [0.29, 0.717) is 18.0 Å². The zero-order valence-corrected chi connectivity index (χ0v) is 14.1. The molecule has 1 aliphatic heterocycles. The van der Waals surface area contributed by atoms with E-state index in [4.69, 9.17) is 9.47 Å². The second-order valence-electron chi connectivity index (χ2n) is 5.51. The van der Waals surface area contributed by atoms with Gasteiger partial charge in [0.2, 0.25) is 0 Å². The highest BCUT2D eigenvalue weighted by molar-refractivity contribution is 7.92. The fraction of sp³-hybridized carbons (Fsp3) is 0.294. The van der Waals surface area contributed by atoms with Gasteiger partial charge in [0.15, 0.2) is 11.5 Å². The van der Waals surface area contributed by atoms with Gasteiger partial charge in [-0.25, -0.2) is 8.42 Å². The van der Waals surface area contributed by atoms with E-state index in [1.165, 1.54) is 24.6 Å². The average molecular weight is 333 g/mol. The second kappa shape index (κ2) is 5.77. The minimum Gasteiger partial charge on any atom is -0.493 e. The molecule has 0 unspecified atom stereocenters. The van der Waals surface area contributed by atoms with Crippen molar-refractivity contribution in [3.05, 3.63) is 48.0 Å². The molecule has 1 heterocycles. The zero-order valence-electron chi connectivity index (χ0n) is 13.3. The molecule has 0 saturated heterocycles. The van der Waals surface area contributed by atoms with Crippen LogP contribution in [0.25, 0.3) is 0 Å². The summed E-state index contributed by atoms with van der Waals surface area (Å²) in [5.74, 6) is 1.07. The Hall–Kier alpha value is -2.21. The van der Waals surface area contributed by atoms with Crippen LogP contribution in [0, 0.1) is 0 Å². The summed E-state index contributed by atoms with van der Waals surface area (Å²) >= 11 is 0. The Kier molecular flexibility index (Phi) is 3.93. The standard InChI is InChI=1S/C17H19NO4S/c1-12-11-18(15-7-5-4-6-14(12)15)23(19,20)13-8-9-16(21-2)17(10-13)22-3/h4-10,12H,11H2,1-3H3/t12-/m0/s1. The Balaban J connectivity index is 2.07. The molecule has 0 N–H and O–H groups in total. The van der Waals surface area contributed by atoms with Crippen LogP contribution in [0.4, 0.5) is 5.69 Å². The minimum absolute atomic E-state index is 0.168. The minimum atomic E-state index is -3.64. The topological polar surface area (TPSA) is 55.8 Å². The van der Waals surface area contributed by atoms with Crippen LogP contribution in [-0.2, 0) is 10.0 Å². The van der Waals surface area contributed by atoms with Crippen molar-refractivity contribution in [2.24, 2.45) is 0 Å². The van der Waals surface area contributed by atoms with Gasteiger partial charge in [0, 0.05) is 18.5 Å². The normalized spacial score (nSPS) is 17.0. The molecule has 1 atom stereocenters. The lowest BCUT2D eigenvalue weighted by Gasteiger charge is -2.20. The number of ether oxygens (including phenoxy) is 2. The van der Waals surface area contributed by atoms with Gasteiger partial charge in [-0.05, 0) is 23.8 Å². The molecule has 0 saturated carbocycles. The average Bonchev–Trinajstić information content (AvgIpc) is 2.92. The predicted octanol–water partition coefficient (Wildman–Crippen LogP) is 3.02. The molecule has 0 amide bonds. The first kappa shape index (κ1) is 15.7. The molecular formula is C17H19NO4S. The van der Waals surface area contributed by atoms with Gasteiger partial charge in [0.25, 0.3) is 10.0 Å². The van der Waals surface area contributed by atoms with Crippen LogP contribution in [0.15, 0.2) is 47.4 Å². The third-order valence-electron chi connectivity index (χ3n) is 4.12. The first-order valence-electron chi connectivity index (χ1n) is 7.32. The van der Waals surface area contributed by atoms with Gasteiger partial charge in [0.1, 0.15) is 0 Å². The highest BCUT2D eigenvalue weighted by atomic mass is 32.2. The summed E-state index contributed by atoms with van der Waals surface area (Å²) in [4.78, 5) is 0.194. The van der Waals surface area contributed by atoms with E-state index < -0.39 is 10.0 Å². The van der Waals surface area contributed by atoms with Gasteiger partial charge < -0.3 is 9.47 Å². The third-order valence-corrected chi connectivity index (χ3v) is 5.89. The second-order valence-corrected chi connectivity index (χ2v) is 7.38. The number of para-hydroxylation sites is 1. The number of methoxy groups -OCH3 is 2. The van der Waals surface area contributed by atoms with Crippen molar-refractivity contribution in [3.8, 4) is 11.5 Å². The molecule has 2 aromatic rings. The fourth-order valence-electron chi connectivity index (χ4n) is 2.91. The lowest BCUT2D eigenvalue weighted by molar-refractivity contribution is 0.354. The summed E-state index contributed by atoms with van der Waals surface area (Å²) < 4.78 is 37.9. The van der Waals surface area contributed by atoms with Crippen LogP contribution in [0.3, 0.4) is 0 Å². The van der Waals surface area contributed by atoms with E-state index in [0.717, 1.165) is 11.3 Å². The molecule has 0 spiro atoms. The highest BCUT2D eigenvalue weighted by Crippen LogP contribution is 2.40. The molecule has 2 aromatic carbocycles. The van der Waals surface area contributed by atoms with E-state index in [9.17, 15) is 8.42 Å². The van der Waals surface area contributed by atoms with Gasteiger partial charge in [-0.2, -0.15) is 0 Å². The Morgan fingerprint density at radius 2 is 1.74 bits per heavy atom. The number of anilines is 1. The summed E-state index contributed by atoms with van der Waals surface area (Å²) in [5.41, 5.74) is 1.80. The number of hydrogen-bond acceptors (Lipinski definition) is 4. The maximum absolute atomic E-state index is 13.0. The summed E-state index contributed by atoms with van der Waals surface area (Å²) in [6.45, 7) is 2.47. The van der Waals surface area contributed by atoms with Gasteiger partial charge >= 0.3 is 0 Å². The van der Waals surface area contributed by atoms with Crippen LogP contribution in [0.1, 0.15) is 18.4 Å². The Labute approximate surface area is 136 Å². The van der Waals surface area contributed by atoms with Crippen LogP contribution in [-0.4, -0.2) is 29.2 Å². The van der Waals surface area contributed by atoms with Crippen LogP contribution >= 0.6 is 0 Å². The smallest absolute Gasteiger partial charge is 0.264 e. The third kappa shape index (κ3) is 2.53. The number of fused-ring (bicyclic) bond motifs is 1. The van der Waals surface area contributed by atoms with E-state index in [2.05, 4.69) is 0 Å². The molecule has 23 heavy (non-hydrogen) atoms. The van der Waals surface area contributed by atoms with Crippen molar-refractivity contribution in [1.29, 1.82) is 0 Å². The Bertz CT molecular complexity index is 832. The maximum Gasteiger partial charge on any atom is 0.264 e. The number of hydrogen-bond donors (Lipinski definition) is 0. The summed E-state index contributed by atoms with van der Waals surface area (Å²) in [7, 11) is -0.639. The van der Waals surface area contributed by atoms with E-state index in [1.54, 1.807) is 12.1 Å².